The summed E-state index contributed by atoms with van der Waals surface area (Å²) in [6, 6.07) is 20.4. The summed E-state index contributed by atoms with van der Waals surface area (Å²) in [4.78, 5) is 28.0. The molecule has 1 aliphatic heterocycles. The van der Waals surface area contributed by atoms with E-state index in [-0.39, 0.29) is 17.8 Å². The molecule has 3 aromatic carbocycles. The number of amides is 1. The molecule has 0 atom stereocenters. The predicted octanol–water partition coefficient (Wildman–Crippen LogP) is 5.85. The Kier molecular flexibility index (Phi) is 7.80. The molecule has 0 spiro atoms. The zero-order valence-corrected chi connectivity index (χ0v) is 20.8. The van der Waals surface area contributed by atoms with Gasteiger partial charge in [-0.3, -0.25) is 14.5 Å². The SMILES string of the molecule is CC(C)(C(=O)Nc1cc(C(=O)Cc2ccc(-c3ccccc3)cc2)ccc1C(F)(F)F)N1CCOCC1. The average Bonchev–Trinajstić information content (AvgIpc) is 2.89. The van der Waals surface area contributed by atoms with E-state index in [4.69, 9.17) is 4.74 Å². The van der Waals surface area contributed by atoms with E-state index < -0.39 is 28.9 Å². The summed E-state index contributed by atoms with van der Waals surface area (Å²) in [7, 11) is 0. The number of hydrogen-bond donors (Lipinski definition) is 1. The lowest BCUT2D eigenvalue weighted by Gasteiger charge is -2.39. The highest BCUT2D eigenvalue weighted by molar-refractivity contribution is 6.02. The molecular weight excluding hydrogens is 481 g/mol. The van der Waals surface area contributed by atoms with Gasteiger partial charge in [-0.15, -0.1) is 0 Å². The highest BCUT2D eigenvalue weighted by Gasteiger charge is 2.38. The summed E-state index contributed by atoms with van der Waals surface area (Å²) in [5.41, 5.74) is 0.394. The number of anilines is 1. The predicted molar refractivity (Wildman–Crippen MR) is 136 cm³/mol. The first-order valence-corrected chi connectivity index (χ1v) is 12.1. The largest absolute Gasteiger partial charge is 0.418 e. The molecule has 0 aliphatic carbocycles. The molecule has 1 saturated heterocycles. The molecule has 4 rings (SSSR count). The van der Waals surface area contributed by atoms with Crippen molar-refractivity contribution in [1.29, 1.82) is 0 Å². The van der Waals surface area contributed by atoms with Crippen LogP contribution in [0.15, 0.2) is 72.8 Å². The van der Waals surface area contributed by atoms with Crippen LogP contribution in [0.3, 0.4) is 0 Å². The van der Waals surface area contributed by atoms with Crippen LogP contribution in [0.4, 0.5) is 18.9 Å². The smallest absolute Gasteiger partial charge is 0.379 e. The van der Waals surface area contributed by atoms with Crippen molar-refractivity contribution in [3.63, 3.8) is 0 Å². The third kappa shape index (κ3) is 6.26. The highest BCUT2D eigenvalue weighted by Crippen LogP contribution is 2.36. The van der Waals surface area contributed by atoms with Crippen molar-refractivity contribution in [3.8, 4) is 11.1 Å². The standard InChI is InChI=1S/C29H29F3N2O3/c1-28(2,34-14-16-37-17-15-34)27(36)33-25-19-23(12-13-24(25)29(30,31)32)26(35)18-20-8-10-22(11-9-20)21-6-4-3-5-7-21/h3-13,19H,14-18H2,1-2H3,(H,33,36). The summed E-state index contributed by atoms with van der Waals surface area (Å²) < 4.78 is 46.5. The second-order valence-corrected chi connectivity index (χ2v) is 9.53. The normalized spacial score (nSPS) is 14.8. The van der Waals surface area contributed by atoms with Crippen LogP contribution in [-0.2, 0) is 22.1 Å². The van der Waals surface area contributed by atoms with Gasteiger partial charge in [0.1, 0.15) is 0 Å². The summed E-state index contributed by atoms with van der Waals surface area (Å²) in [5, 5.41) is 2.45. The molecule has 194 valence electrons. The number of carbonyl (C=O) groups excluding carboxylic acids is 2. The Morgan fingerprint density at radius 2 is 1.51 bits per heavy atom. The molecule has 1 fully saturated rings. The molecule has 1 amide bonds. The first-order chi connectivity index (χ1) is 17.6. The average molecular weight is 511 g/mol. The zero-order chi connectivity index (χ0) is 26.6. The number of nitrogens with zero attached hydrogens (tertiary/aromatic N) is 1. The first kappa shape index (κ1) is 26.6. The van der Waals surface area contributed by atoms with Gasteiger partial charge in [0.2, 0.25) is 5.91 Å². The maximum absolute atomic E-state index is 13.7. The van der Waals surface area contributed by atoms with Gasteiger partial charge in [-0.2, -0.15) is 13.2 Å². The van der Waals surface area contributed by atoms with Gasteiger partial charge >= 0.3 is 6.18 Å². The minimum absolute atomic E-state index is 0.0209. The van der Waals surface area contributed by atoms with Crippen LogP contribution in [0.1, 0.15) is 35.3 Å². The molecule has 1 N–H and O–H groups in total. The van der Waals surface area contributed by atoms with Crippen molar-refractivity contribution in [3.05, 3.63) is 89.5 Å². The number of rotatable bonds is 7. The van der Waals surface area contributed by atoms with Gasteiger partial charge in [-0.05, 0) is 42.7 Å². The Morgan fingerprint density at radius 1 is 0.892 bits per heavy atom. The molecule has 3 aromatic rings. The van der Waals surface area contributed by atoms with Gasteiger partial charge in [0, 0.05) is 25.1 Å². The second-order valence-electron chi connectivity index (χ2n) is 9.53. The Hall–Kier alpha value is -3.49. The number of benzene rings is 3. The maximum atomic E-state index is 13.7. The van der Waals surface area contributed by atoms with E-state index in [1.807, 2.05) is 59.5 Å². The fraction of sp³-hybridized carbons (Fsp3) is 0.310. The van der Waals surface area contributed by atoms with Crippen LogP contribution in [0.25, 0.3) is 11.1 Å². The maximum Gasteiger partial charge on any atom is 0.418 e. The van der Waals surface area contributed by atoms with E-state index in [1.54, 1.807) is 13.8 Å². The molecule has 8 heteroatoms. The fourth-order valence-corrected chi connectivity index (χ4v) is 4.34. The lowest BCUT2D eigenvalue weighted by Crippen LogP contribution is -2.56. The number of carbonyl (C=O) groups is 2. The van der Waals surface area contributed by atoms with Crippen LogP contribution in [0.5, 0.6) is 0 Å². The zero-order valence-electron chi connectivity index (χ0n) is 20.8. The number of nitrogens with one attached hydrogen (secondary N) is 1. The van der Waals surface area contributed by atoms with Crippen molar-refractivity contribution < 1.29 is 27.5 Å². The molecular formula is C29H29F3N2O3. The minimum Gasteiger partial charge on any atom is -0.379 e. The Morgan fingerprint density at radius 3 is 2.14 bits per heavy atom. The monoisotopic (exact) mass is 510 g/mol. The topological polar surface area (TPSA) is 58.6 Å². The molecule has 37 heavy (non-hydrogen) atoms. The molecule has 0 saturated carbocycles. The van der Waals surface area contributed by atoms with Gasteiger partial charge in [0.25, 0.3) is 0 Å². The number of alkyl halides is 3. The quantitative estimate of drug-likeness (QED) is 0.406. The lowest BCUT2D eigenvalue weighted by atomic mass is 9.97. The van der Waals surface area contributed by atoms with E-state index >= 15 is 0 Å². The third-order valence-corrected chi connectivity index (χ3v) is 6.68. The Balaban J connectivity index is 1.54. The van der Waals surface area contributed by atoms with Gasteiger partial charge in [-0.25, -0.2) is 0 Å². The van der Waals surface area contributed by atoms with E-state index in [0.29, 0.717) is 26.3 Å². The van der Waals surface area contributed by atoms with Gasteiger partial charge in [0.15, 0.2) is 5.78 Å². The number of morpholine rings is 1. The van der Waals surface area contributed by atoms with E-state index in [9.17, 15) is 22.8 Å². The summed E-state index contributed by atoms with van der Waals surface area (Å²) in [6.07, 6.45) is -4.67. The number of hydrogen-bond acceptors (Lipinski definition) is 4. The van der Waals surface area contributed by atoms with E-state index in [1.165, 1.54) is 0 Å². The number of Topliss-reactive ketones (excluding diaryl/α,β-unsaturated/α-hetero) is 1. The summed E-state index contributed by atoms with van der Waals surface area (Å²) in [6.45, 7) is 5.20. The molecule has 5 nitrogen and oxygen atoms in total. The van der Waals surface area contributed by atoms with Crippen molar-refractivity contribution in [2.75, 3.05) is 31.6 Å². The third-order valence-electron chi connectivity index (χ3n) is 6.68. The minimum atomic E-state index is -4.69. The number of ketones is 1. The van der Waals surface area contributed by atoms with Gasteiger partial charge in [0.05, 0.1) is 30.0 Å². The molecule has 0 unspecified atom stereocenters. The molecule has 0 radical (unpaired) electrons. The number of ether oxygens (including phenoxy) is 1. The molecule has 1 heterocycles. The van der Waals surface area contributed by atoms with E-state index in [2.05, 4.69) is 5.32 Å². The summed E-state index contributed by atoms with van der Waals surface area (Å²) in [5.74, 6) is -0.926. The van der Waals surface area contributed by atoms with Crippen LogP contribution in [0.2, 0.25) is 0 Å². The van der Waals surface area contributed by atoms with E-state index in [0.717, 1.165) is 34.9 Å². The Bertz CT molecular complexity index is 1250. The summed E-state index contributed by atoms with van der Waals surface area (Å²) >= 11 is 0. The molecule has 0 aromatic heterocycles. The Labute approximate surface area is 214 Å². The van der Waals surface area contributed by atoms with Crippen LogP contribution in [-0.4, -0.2) is 48.4 Å². The van der Waals surface area contributed by atoms with Crippen molar-refractivity contribution >= 4 is 17.4 Å². The highest BCUT2D eigenvalue weighted by atomic mass is 19.4. The lowest BCUT2D eigenvalue weighted by molar-refractivity contribution is -0.137. The fourth-order valence-electron chi connectivity index (χ4n) is 4.34. The van der Waals surface area contributed by atoms with Crippen molar-refractivity contribution in [2.45, 2.75) is 32.0 Å². The molecule has 1 aliphatic rings. The van der Waals surface area contributed by atoms with Crippen LogP contribution >= 0.6 is 0 Å². The second kappa shape index (κ2) is 10.9. The van der Waals surface area contributed by atoms with Gasteiger partial charge < -0.3 is 10.1 Å². The van der Waals surface area contributed by atoms with Crippen molar-refractivity contribution in [2.24, 2.45) is 0 Å². The van der Waals surface area contributed by atoms with Gasteiger partial charge in [-0.1, -0.05) is 60.7 Å². The van der Waals surface area contributed by atoms with Crippen molar-refractivity contribution in [1.82, 2.24) is 4.90 Å². The number of halogens is 3. The first-order valence-electron chi connectivity index (χ1n) is 12.1. The molecule has 0 bridgehead atoms. The van der Waals surface area contributed by atoms with Crippen LogP contribution in [0, 0.1) is 0 Å². The van der Waals surface area contributed by atoms with Crippen LogP contribution < -0.4 is 5.32 Å².